The molecule has 9 heteroatoms. The number of hydrogen-bond acceptors (Lipinski definition) is 6. The zero-order valence-corrected chi connectivity index (χ0v) is 16.7. The Morgan fingerprint density at radius 3 is 2.71 bits per heavy atom. The molecule has 1 aromatic heterocycles. The minimum atomic E-state index is -2.68. The molecule has 0 aliphatic carbocycles. The maximum absolute atomic E-state index is 12.9. The summed E-state index contributed by atoms with van der Waals surface area (Å²) in [5, 5.41) is 3.83. The van der Waals surface area contributed by atoms with Gasteiger partial charge >= 0.3 is 0 Å². The van der Waals surface area contributed by atoms with E-state index in [0.29, 0.717) is 32.7 Å². The predicted octanol–water partition coefficient (Wildman–Crippen LogP) is 4.94. The quantitative estimate of drug-likeness (QED) is 0.416. The van der Waals surface area contributed by atoms with Gasteiger partial charge in [0.1, 0.15) is 18.6 Å². The largest absolute Gasteiger partial charge is 0.338 e. The molecule has 0 amide bonds. The molecule has 1 heterocycles. The van der Waals surface area contributed by atoms with Crippen LogP contribution in [0.2, 0.25) is 5.28 Å². The van der Waals surface area contributed by atoms with Gasteiger partial charge in [-0.1, -0.05) is 0 Å². The van der Waals surface area contributed by atoms with Crippen LogP contribution in [0.5, 0.6) is 0 Å². The topological polar surface area (TPSA) is 79.6 Å². The van der Waals surface area contributed by atoms with Gasteiger partial charge < -0.3 is 9.88 Å². The van der Waals surface area contributed by atoms with Crippen molar-refractivity contribution in [3.05, 3.63) is 28.1 Å². The molecule has 0 aliphatic heterocycles. The molecular formula is C15H16BrClN5OP. The van der Waals surface area contributed by atoms with Crippen molar-refractivity contribution in [3.8, 4) is 0 Å². The van der Waals surface area contributed by atoms with Crippen molar-refractivity contribution in [2.45, 2.75) is 6.92 Å². The van der Waals surface area contributed by atoms with Crippen molar-refractivity contribution in [3.63, 3.8) is 0 Å². The minimum absolute atomic E-state index is 0.106. The van der Waals surface area contributed by atoms with Gasteiger partial charge in [-0.15, -0.1) is 0 Å². The third-order valence-electron chi connectivity index (χ3n) is 3.06. The standard InChI is InChI=1S/C15H16BrClN5OP/c1-5-19-12-10(18-2)6-7-11(13(12)24(3,4)23)21-14-9(16)8-20-15(17)22-14/h5-8H,2H2,1,3-4H3,(H,20,21,22). The number of nitrogens with zero attached hydrogens (tertiary/aromatic N) is 4. The normalized spacial score (nSPS) is 11.7. The number of nitrogens with one attached hydrogen (secondary N) is 1. The van der Waals surface area contributed by atoms with E-state index in [-0.39, 0.29) is 5.28 Å². The molecule has 0 spiro atoms. The average Bonchev–Trinajstić information content (AvgIpc) is 2.50. The summed E-state index contributed by atoms with van der Waals surface area (Å²) in [6.07, 6.45) is 3.17. The molecule has 0 saturated carbocycles. The molecule has 0 saturated heterocycles. The van der Waals surface area contributed by atoms with Gasteiger partial charge in [-0.2, -0.15) is 4.98 Å². The van der Waals surface area contributed by atoms with Gasteiger partial charge in [-0.3, -0.25) is 9.98 Å². The summed E-state index contributed by atoms with van der Waals surface area (Å²) in [7, 11) is -2.68. The maximum Gasteiger partial charge on any atom is 0.224 e. The summed E-state index contributed by atoms with van der Waals surface area (Å²) in [6.45, 7) is 8.70. The molecule has 126 valence electrons. The van der Waals surface area contributed by atoms with Gasteiger partial charge in [0.25, 0.3) is 0 Å². The number of aromatic nitrogens is 2. The highest BCUT2D eigenvalue weighted by Gasteiger charge is 2.24. The molecule has 0 unspecified atom stereocenters. The number of aliphatic imine (C=N–C) groups is 2. The van der Waals surface area contributed by atoms with Crippen LogP contribution in [0, 0.1) is 0 Å². The Balaban J connectivity index is 2.70. The molecule has 2 rings (SSSR count). The van der Waals surface area contributed by atoms with Crippen LogP contribution >= 0.6 is 34.7 Å². The van der Waals surface area contributed by atoms with Gasteiger partial charge in [0.2, 0.25) is 5.28 Å². The summed E-state index contributed by atoms with van der Waals surface area (Å²) >= 11 is 9.22. The van der Waals surface area contributed by atoms with Crippen LogP contribution in [0.3, 0.4) is 0 Å². The molecular weight excluding hydrogens is 413 g/mol. The third-order valence-corrected chi connectivity index (χ3v) is 5.36. The number of rotatable bonds is 5. The van der Waals surface area contributed by atoms with Crippen molar-refractivity contribution in [1.82, 2.24) is 9.97 Å². The van der Waals surface area contributed by atoms with Crippen LogP contribution in [-0.2, 0) is 4.57 Å². The molecule has 1 aromatic carbocycles. The lowest BCUT2D eigenvalue weighted by Crippen LogP contribution is -2.12. The van der Waals surface area contributed by atoms with Gasteiger partial charge in [0, 0.05) is 12.4 Å². The molecule has 0 bridgehead atoms. The number of halogens is 2. The van der Waals surface area contributed by atoms with Crippen molar-refractivity contribution in [1.29, 1.82) is 0 Å². The van der Waals surface area contributed by atoms with Gasteiger partial charge in [-0.05, 0) is 66.6 Å². The lowest BCUT2D eigenvalue weighted by molar-refractivity contribution is 0.588. The summed E-state index contributed by atoms with van der Waals surface area (Å²) in [4.78, 5) is 16.4. The summed E-state index contributed by atoms with van der Waals surface area (Å²) in [6, 6.07) is 3.53. The number of benzene rings is 1. The van der Waals surface area contributed by atoms with Crippen LogP contribution in [0.1, 0.15) is 6.92 Å². The second kappa shape index (κ2) is 7.55. The van der Waals surface area contributed by atoms with Crippen LogP contribution in [0.25, 0.3) is 0 Å². The van der Waals surface area contributed by atoms with E-state index in [1.54, 1.807) is 44.8 Å². The number of hydrogen-bond donors (Lipinski definition) is 1. The molecule has 24 heavy (non-hydrogen) atoms. The van der Waals surface area contributed by atoms with E-state index in [0.717, 1.165) is 0 Å². The summed E-state index contributed by atoms with van der Waals surface area (Å²) < 4.78 is 13.5. The van der Waals surface area contributed by atoms with E-state index < -0.39 is 7.14 Å². The van der Waals surface area contributed by atoms with E-state index in [1.807, 2.05) is 0 Å². The Morgan fingerprint density at radius 1 is 1.42 bits per heavy atom. The molecule has 0 aliphatic rings. The molecule has 1 N–H and O–H groups in total. The fraction of sp³-hybridized carbons (Fsp3) is 0.200. The van der Waals surface area contributed by atoms with E-state index >= 15 is 0 Å². The second-order valence-electron chi connectivity index (χ2n) is 5.19. The van der Waals surface area contributed by atoms with E-state index in [9.17, 15) is 4.57 Å². The Morgan fingerprint density at radius 2 is 2.12 bits per heavy atom. The van der Waals surface area contributed by atoms with Crippen molar-refractivity contribution in [2.75, 3.05) is 18.6 Å². The Kier molecular flexibility index (Phi) is 5.91. The van der Waals surface area contributed by atoms with Crippen LogP contribution < -0.4 is 10.6 Å². The highest BCUT2D eigenvalue weighted by atomic mass is 79.9. The first-order valence-electron chi connectivity index (χ1n) is 6.91. The maximum atomic E-state index is 12.9. The second-order valence-corrected chi connectivity index (χ2v) is 9.53. The Bertz CT molecular complexity index is 865. The van der Waals surface area contributed by atoms with Crippen molar-refractivity contribution in [2.24, 2.45) is 9.98 Å². The van der Waals surface area contributed by atoms with Crippen LogP contribution in [-0.4, -0.2) is 36.2 Å². The molecule has 0 radical (unpaired) electrons. The minimum Gasteiger partial charge on any atom is -0.338 e. The van der Waals surface area contributed by atoms with Crippen LogP contribution in [0.4, 0.5) is 22.9 Å². The highest BCUT2D eigenvalue weighted by Crippen LogP contribution is 2.46. The SMILES string of the molecule is C=Nc1ccc(Nc2nc(Cl)ncc2Br)c(P(C)(C)=O)c1N=CC. The van der Waals surface area contributed by atoms with Crippen molar-refractivity contribution >= 4 is 75.8 Å². The summed E-state index contributed by atoms with van der Waals surface area (Å²) in [5.41, 5.74) is 1.71. The van der Waals surface area contributed by atoms with Crippen molar-refractivity contribution < 1.29 is 4.57 Å². The molecule has 0 fully saturated rings. The monoisotopic (exact) mass is 427 g/mol. The fourth-order valence-electron chi connectivity index (χ4n) is 2.16. The van der Waals surface area contributed by atoms with Gasteiger partial charge in [0.15, 0.2) is 0 Å². The first kappa shape index (κ1) is 18.8. The first-order chi connectivity index (χ1) is 11.3. The third kappa shape index (κ3) is 4.09. The zero-order valence-electron chi connectivity index (χ0n) is 13.4. The van der Waals surface area contributed by atoms with E-state index in [4.69, 9.17) is 11.6 Å². The van der Waals surface area contributed by atoms with E-state index in [1.165, 1.54) is 0 Å². The zero-order chi connectivity index (χ0) is 17.9. The molecule has 6 nitrogen and oxygen atoms in total. The predicted molar refractivity (Wildman–Crippen MR) is 107 cm³/mol. The molecule has 0 atom stereocenters. The smallest absolute Gasteiger partial charge is 0.224 e. The average molecular weight is 429 g/mol. The Labute approximate surface area is 154 Å². The molecule has 2 aromatic rings. The Hall–Kier alpha value is -1.56. The van der Waals surface area contributed by atoms with E-state index in [2.05, 4.69) is 47.9 Å². The highest BCUT2D eigenvalue weighted by molar-refractivity contribution is 9.10. The first-order valence-corrected chi connectivity index (χ1v) is 10.7. The lowest BCUT2D eigenvalue weighted by Gasteiger charge is -2.19. The fourth-order valence-corrected chi connectivity index (χ4v) is 3.98. The number of anilines is 2. The van der Waals surface area contributed by atoms with Gasteiger partial charge in [-0.25, -0.2) is 4.98 Å². The van der Waals surface area contributed by atoms with Crippen LogP contribution in [0.15, 0.2) is 32.8 Å². The lowest BCUT2D eigenvalue weighted by atomic mass is 10.2. The summed E-state index contributed by atoms with van der Waals surface area (Å²) in [5.74, 6) is 0.468. The van der Waals surface area contributed by atoms with Gasteiger partial charge in [0.05, 0.1) is 21.2 Å².